The summed E-state index contributed by atoms with van der Waals surface area (Å²) in [7, 11) is 0. The van der Waals surface area contributed by atoms with Crippen molar-refractivity contribution in [2.24, 2.45) is 5.92 Å². The molecule has 2 heterocycles. The molecule has 0 bridgehead atoms. The zero-order valence-electron chi connectivity index (χ0n) is 14.5. The minimum Gasteiger partial charge on any atom is -0.463 e. The van der Waals surface area contributed by atoms with Gasteiger partial charge >= 0.3 is 5.97 Å². The fourth-order valence-electron chi connectivity index (χ4n) is 2.38. The number of ether oxygens (including phenoxy) is 1. The third-order valence-corrected chi connectivity index (χ3v) is 3.66. The quantitative estimate of drug-likeness (QED) is 0.696. The zero-order chi connectivity index (χ0) is 17.8. The second-order valence-electron chi connectivity index (χ2n) is 6.13. The maximum atomic E-state index is 12.0. The van der Waals surface area contributed by atoms with E-state index < -0.39 is 0 Å². The van der Waals surface area contributed by atoms with E-state index in [2.05, 4.69) is 20.4 Å². The van der Waals surface area contributed by atoms with Gasteiger partial charge < -0.3 is 10.1 Å². The largest absolute Gasteiger partial charge is 0.463 e. The molecule has 1 aromatic carbocycles. The molecule has 1 unspecified atom stereocenters. The van der Waals surface area contributed by atoms with E-state index in [1.54, 1.807) is 4.52 Å². The maximum Gasteiger partial charge on any atom is 0.310 e. The van der Waals surface area contributed by atoms with Gasteiger partial charge in [-0.25, -0.2) is 4.98 Å². The lowest BCUT2D eigenvalue weighted by molar-refractivity contribution is -0.151. The first kappa shape index (κ1) is 16.9. The first-order chi connectivity index (χ1) is 12.0. The van der Waals surface area contributed by atoms with Gasteiger partial charge in [0.2, 0.25) is 0 Å². The molecule has 0 amide bonds. The number of hydrogen-bond donors (Lipinski definition) is 1. The maximum absolute atomic E-state index is 12.0. The van der Waals surface area contributed by atoms with Crippen LogP contribution in [0.15, 0.2) is 42.7 Å². The van der Waals surface area contributed by atoms with Crippen molar-refractivity contribution in [3.8, 4) is 11.3 Å². The molecule has 0 saturated carbocycles. The van der Waals surface area contributed by atoms with Gasteiger partial charge in [0.1, 0.15) is 12.1 Å². The average Bonchev–Trinajstić information content (AvgIpc) is 3.08. The van der Waals surface area contributed by atoms with Crippen molar-refractivity contribution >= 4 is 17.6 Å². The average molecular weight is 339 g/mol. The van der Waals surface area contributed by atoms with Crippen molar-refractivity contribution in [1.29, 1.82) is 0 Å². The predicted octanol–water partition coefficient (Wildman–Crippen LogP) is 2.79. The molecule has 1 N–H and O–H groups in total. The Morgan fingerprint density at radius 3 is 2.72 bits per heavy atom. The fraction of sp³-hybridized carbons (Fsp3) is 0.333. The van der Waals surface area contributed by atoms with Crippen LogP contribution in [0.5, 0.6) is 0 Å². The Hall–Kier alpha value is -2.96. The van der Waals surface area contributed by atoms with Gasteiger partial charge in [-0.2, -0.15) is 14.6 Å². The van der Waals surface area contributed by atoms with Crippen molar-refractivity contribution in [3.63, 3.8) is 0 Å². The van der Waals surface area contributed by atoms with Crippen LogP contribution in [0.4, 0.5) is 5.82 Å². The number of carbonyl (C=O) groups is 1. The van der Waals surface area contributed by atoms with E-state index in [-0.39, 0.29) is 18.0 Å². The van der Waals surface area contributed by atoms with Crippen molar-refractivity contribution < 1.29 is 9.53 Å². The van der Waals surface area contributed by atoms with Gasteiger partial charge in [-0.15, -0.1) is 0 Å². The molecule has 1 atom stereocenters. The molecule has 25 heavy (non-hydrogen) atoms. The second kappa shape index (κ2) is 7.29. The van der Waals surface area contributed by atoms with E-state index in [0.717, 1.165) is 17.1 Å². The minimum absolute atomic E-state index is 0.123. The van der Waals surface area contributed by atoms with Gasteiger partial charge in [0.15, 0.2) is 0 Å². The Balaban J connectivity index is 1.83. The SMILES string of the molecule is CC(C)OC(=O)C(C)CNc1cc(-c2ccccc2)nc2ncnn12. The number of benzene rings is 1. The Morgan fingerprint density at radius 2 is 2.00 bits per heavy atom. The number of rotatable bonds is 6. The van der Waals surface area contributed by atoms with Crippen molar-refractivity contribution in [3.05, 3.63) is 42.7 Å². The zero-order valence-corrected chi connectivity index (χ0v) is 14.5. The summed E-state index contributed by atoms with van der Waals surface area (Å²) >= 11 is 0. The van der Waals surface area contributed by atoms with Crippen LogP contribution in [0.1, 0.15) is 20.8 Å². The molecule has 3 aromatic rings. The first-order valence-corrected chi connectivity index (χ1v) is 8.25. The number of aromatic nitrogens is 4. The van der Waals surface area contributed by atoms with E-state index in [0.29, 0.717) is 12.3 Å². The monoisotopic (exact) mass is 339 g/mol. The van der Waals surface area contributed by atoms with Crippen LogP contribution in [-0.2, 0) is 9.53 Å². The summed E-state index contributed by atoms with van der Waals surface area (Å²) in [5.41, 5.74) is 1.78. The Labute approximate surface area is 146 Å². The van der Waals surface area contributed by atoms with Crippen molar-refractivity contribution in [2.45, 2.75) is 26.9 Å². The summed E-state index contributed by atoms with van der Waals surface area (Å²) in [6.45, 7) is 5.94. The molecular weight excluding hydrogens is 318 g/mol. The fourth-order valence-corrected chi connectivity index (χ4v) is 2.38. The Kier molecular flexibility index (Phi) is 4.92. The highest BCUT2D eigenvalue weighted by atomic mass is 16.5. The summed E-state index contributed by atoms with van der Waals surface area (Å²) in [4.78, 5) is 20.7. The molecule has 130 valence electrons. The number of nitrogens with zero attached hydrogens (tertiary/aromatic N) is 4. The van der Waals surface area contributed by atoms with Crippen LogP contribution in [-0.4, -0.2) is 38.2 Å². The molecule has 0 aliphatic heterocycles. The van der Waals surface area contributed by atoms with E-state index in [1.165, 1.54) is 6.33 Å². The Morgan fingerprint density at radius 1 is 1.24 bits per heavy atom. The smallest absolute Gasteiger partial charge is 0.310 e. The van der Waals surface area contributed by atoms with Crippen LogP contribution >= 0.6 is 0 Å². The topological polar surface area (TPSA) is 81.4 Å². The van der Waals surface area contributed by atoms with E-state index in [1.807, 2.05) is 57.2 Å². The second-order valence-corrected chi connectivity index (χ2v) is 6.13. The molecule has 0 spiro atoms. The van der Waals surface area contributed by atoms with Gasteiger partial charge in [0.25, 0.3) is 5.78 Å². The lowest BCUT2D eigenvalue weighted by atomic mass is 10.1. The number of hydrogen-bond acceptors (Lipinski definition) is 6. The van der Waals surface area contributed by atoms with E-state index >= 15 is 0 Å². The van der Waals surface area contributed by atoms with Crippen LogP contribution in [0.2, 0.25) is 0 Å². The minimum atomic E-state index is -0.283. The standard InChI is InChI=1S/C18H21N5O2/c1-12(2)25-17(24)13(3)10-19-16-9-15(14-7-5-4-6-8-14)22-18-20-11-21-23(16)18/h4-9,11-13,19H,10H2,1-3H3. The highest BCUT2D eigenvalue weighted by molar-refractivity contribution is 5.73. The van der Waals surface area contributed by atoms with E-state index in [9.17, 15) is 4.79 Å². The molecule has 0 fully saturated rings. The molecule has 7 heteroatoms. The molecule has 0 saturated heterocycles. The van der Waals surface area contributed by atoms with Crippen LogP contribution in [0.3, 0.4) is 0 Å². The van der Waals surface area contributed by atoms with Crippen LogP contribution in [0.25, 0.3) is 17.0 Å². The third kappa shape index (κ3) is 3.93. The predicted molar refractivity (Wildman–Crippen MR) is 95.1 cm³/mol. The van der Waals surface area contributed by atoms with Gasteiger partial charge in [-0.1, -0.05) is 37.3 Å². The Bertz CT molecular complexity index is 860. The summed E-state index contributed by atoms with van der Waals surface area (Å²) < 4.78 is 6.86. The molecular formula is C18H21N5O2. The number of fused-ring (bicyclic) bond motifs is 1. The third-order valence-electron chi connectivity index (χ3n) is 3.66. The molecule has 3 rings (SSSR count). The van der Waals surface area contributed by atoms with Gasteiger partial charge in [0, 0.05) is 18.2 Å². The van der Waals surface area contributed by atoms with Gasteiger partial charge in [-0.3, -0.25) is 4.79 Å². The summed E-state index contributed by atoms with van der Waals surface area (Å²) in [6, 6.07) is 11.8. The van der Waals surface area contributed by atoms with Crippen molar-refractivity contribution in [2.75, 3.05) is 11.9 Å². The normalized spacial score (nSPS) is 12.3. The van der Waals surface area contributed by atoms with Crippen LogP contribution < -0.4 is 5.32 Å². The number of carbonyl (C=O) groups excluding carboxylic acids is 1. The lowest BCUT2D eigenvalue weighted by Gasteiger charge is -2.16. The van der Waals surface area contributed by atoms with Crippen molar-refractivity contribution in [1.82, 2.24) is 19.6 Å². The van der Waals surface area contributed by atoms with E-state index in [4.69, 9.17) is 4.74 Å². The highest BCUT2D eigenvalue weighted by Crippen LogP contribution is 2.21. The summed E-state index contributed by atoms with van der Waals surface area (Å²) in [5, 5.41) is 7.45. The van der Waals surface area contributed by atoms with Crippen LogP contribution in [0, 0.1) is 5.92 Å². The van der Waals surface area contributed by atoms with Gasteiger partial charge in [-0.05, 0) is 13.8 Å². The lowest BCUT2D eigenvalue weighted by Crippen LogP contribution is -2.25. The molecule has 0 radical (unpaired) electrons. The number of nitrogens with one attached hydrogen (secondary N) is 1. The molecule has 2 aromatic heterocycles. The molecule has 0 aliphatic rings. The summed E-state index contributed by atoms with van der Waals surface area (Å²) in [6.07, 6.45) is 1.33. The molecule has 7 nitrogen and oxygen atoms in total. The highest BCUT2D eigenvalue weighted by Gasteiger charge is 2.17. The molecule has 0 aliphatic carbocycles. The first-order valence-electron chi connectivity index (χ1n) is 8.25. The summed E-state index contributed by atoms with van der Waals surface area (Å²) in [5.74, 6) is 0.718. The van der Waals surface area contributed by atoms with Gasteiger partial charge in [0.05, 0.1) is 17.7 Å². The number of anilines is 1. The number of esters is 1.